The van der Waals surface area contributed by atoms with E-state index >= 15 is 0 Å². The van der Waals surface area contributed by atoms with Crippen molar-refractivity contribution in [3.05, 3.63) is 58.0 Å². The van der Waals surface area contributed by atoms with E-state index in [2.05, 4.69) is 0 Å². The third kappa shape index (κ3) is 4.72. The van der Waals surface area contributed by atoms with Crippen LogP contribution >= 0.6 is 23.4 Å². The van der Waals surface area contributed by atoms with Gasteiger partial charge in [0.25, 0.3) is 11.1 Å². The molecule has 0 saturated carbocycles. The number of benzene rings is 2. The zero-order valence-electron chi connectivity index (χ0n) is 15.3. The van der Waals surface area contributed by atoms with E-state index in [1.807, 2.05) is 0 Å². The van der Waals surface area contributed by atoms with E-state index in [1.165, 1.54) is 0 Å². The molecule has 150 valence electrons. The van der Waals surface area contributed by atoms with Gasteiger partial charge in [-0.1, -0.05) is 29.8 Å². The molecule has 2 aromatic rings. The second-order valence-electron chi connectivity index (χ2n) is 5.79. The van der Waals surface area contributed by atoms with Crippen LogP contribution in [0.5, 0.6) is 11.5 Å². The van der Waals surface area contributed by atoms with E-state index in [-0.39, 0.29) is 10.7 Å². The summed E-state index contributed by atoms with van der Waals surface area (Å²) in [7, 11) is 0. The van der Waals surface area contributed by atoms with Crippen LogP contribution in [0.15, 0.2) is 47.4 Å². The molecule has 9 heteroatoms. The van der Waals surface area contributed by atoms with Crippen molar-refractivity contribution in [2.45, 2.75) is 6.92 Å². The van der Waals surface area contributed by atoms with Crippen LogP contribution in [0.4, 0.5) is 10.5 Å². The van der Waals surface area contributed by atoms with E-state index in [1.54, 1.807) is 55.5 Å². The van der Waals surface area contributed by atoms with E-state index in [9.17, 15) is 14.4 Å². The van der Waals surface area contributed by atoms with Gasteiger partial charge in [-0.15, -0.1) is 0 Å². The first kappa shape index (κ1) is 20.8. The number of hydrogen-bond donors (Lipinski definition) is 1. The maximum Gasteiger partial charge on any atom is 0.341 e. The van der Waals surface area contributed by atoms with Crippen LogP contribution in [-0.2, 0) is 9.59 Å². The van der Waals surface area contributed by atoms with Crippen LogP contribution in [-0.4, -0.2) is 35.4 Å². The number of aliphatic carboxylic acids is 1. The molecule has 0 spiro atoms. The third-order valence-corrected chi connectivity index (χ3v) is 4.99. The second-order valence-corrected chi connectivity index (χ2v) is 7.19. The number of halogens is 1. The molecule has 2 aromatic carbocycles. The lowest BCUT2D eigenvalue weighted by Gasteiger charge is -2.13. The molecule has 0 unspecified atom stereocenters. The average molecular weight is 434 g/mol. The number of ether oxygens (including phenoxy) is 2. The minimum atomic E-state index is -1.11. The van der Waals surface area contributed by atoms with Crippen LogP contribution in [0, 0.1) is 0 Å². The Bertz CT molecular complexity index is 1010. The minimum absolute atomic E-state index is 0.233. The maximum absolute atomic E-state index is 12.8. The lowest BCUT2D eigenvalue weighted by Crippen LogP contribution is -2.27. The van der Waals surface area contributed by atoms with Gasteiger partial charge in [0, 0.05) is 0 Å². The highest BCUT2D eigenvalue weighted by atomic mass is 35.5. The molecule has 1 N–H and O–H groups in total. The van der Waals surface area contributed by atoms with Crippen molar-refractivity contribution in [3.8, 4) is 11.5 Å². The number of carbonyl (C=O) groups excluding carboxylic acids is 2. The van der Waals surface area contributed by atoms with Gasteiger partial charge in [0.15, 0.2) is 18.1 Å². The Balaban J connectivity index is 1.89. The summed E-state index contributed by atoms with van der Waals surface area (Å²) < 4.78 is 10.7. The predicted molar refractivity (Wildman–Crippen MR) is 111 cm³/mol. The Morgan fingerprint density at radius 3 is 2.62 bits per heavy atom. The predicted octanol–water partition coefficient (Wildman–Crippen LogP) is 4.44. The van der Waals surface area contributed by atoms with Gasteiger partial charge in [-0.05, 0) is 54.6 Å². The highest BCUT2D eigenvalue weighted by Crippen LogP contribution is 2.39. The van der Waals surface area contributed by atoms with Crippen LogP contribution in [0.25, 0.3) is 6.08 Å². The first-order chi connectivity index (χ1) is 13.9. The molecule has 0 aliphatic carbocycles. The van der Waals surface area contributed by atoms with Gasteiger partial charge < -0.3 is 14.6 Å². The molecular formula is C20H16ClNO6S. The first-order valence-electron chi connectivity index (χ1n) is 8.54. The number of para-hydroxylation sites is 1. The molecule has 0 bridgehead atoms. The van der Waals surface area contributed by atoms with Crippen LogP contribution < -0.4 is 14.4 Å². The van der Waals surface area contributed by atoms with E-state index in [4.69, 9.17) is 26.2 Å². The number of nitrogens with zero attached hydrogens (tertiary/aromatic N) is 1. The molecule has 29 heavy (non-hydrogen) atoms. The molecule has 7 nitrogen and oxygen atoms in total. The number of carboxylic acids is 1. The molecule has 1 aliphatic rings. The monoisotopic (exact) mass is 433 g/mol. The van der Waals surface area contributed by atoms with Crippen molar-refractivity contribution in [2.24, 2.45) is 0 Å². The van der Waals surface area contributed by atoms with Crippen LogP contribution in [0.2, 0.25) is 5.02 Å². The van der Waals surface area contributed by atoms with Crippen molar-refractivity contribution in [3.63, 3.8) is 0 Å². The summed E-state index contributed by atoms with van der Waals surface area (Å²) in [4.78, 5) is 37.1. The molecule has 1 saturated heterocycles. The lowest BCUT2D eigenvalue weighted by molar-refractivity contribution is -0.139. The number of thioether (sulfide) groups is 1. The number of imide groups is 1. The average Bonchev–Trinajstić information content (AvgIpc) is 2.95. The molecule has 1 heterocycles. The number of rotatable bonds is 7. The first-order valence-corrected chi connectivity index (χ1v) is 9.74. The SMILES string of the molecule is CCOc1cc(/C=C2\SC(=O)N(c3ccccc3Cl)C2=O)ccc1OCC(=O)O. The smallest absolute Gasteiger partial charge is 0.341 e. The number of hydrogen-bond acceptors (Lipinski definition) is 6. The summed E-state index contributed by atoms with van der Waals surface area (Å²) in [6.07, 6.45) is 1.56. The third-order valence-electron chi connectivity index (χ3n) is 3.80. The number of amides is 2. The van der Waals surface area contributed by atoms with Gasteiger partial charge in [0.2, 0.25) is 0 Å². The van der Waals surface area contributed by atoms with Gasteiger partial charge in [-0.2, -0.15) is 0 Å². The summed E-state index contributed by atoms with van der Waals surface area (Å²) in [6, 6.07) is 11.4. The van der Waals surface area contributed by atoms with Gasteiger partial charge >= 0.3 is 5.97 Å². The van der Waals surface area contributed by atoms with Gasteiger partial charge in [-0.3, -0.25) is 9.59 Å². The highest BCUT2D eigenvalue weighted by molar-refractivity contribution is 8.19. The number of carbonyl (C=O) groups is 3. The zero-order chi connectivity index (χ0) is 21.0. The molecule has 0 radical (unpaired) electrons. The minimum Gasteiger partial charge on any atom is -0.490 e. The largest absolute Gasteiger partial charge is 0.490 e. The molecule has 1 aliphatic heterocycles. The van der Waals surface area contributed by atoms with E-state index in [0.717, 1.165) is 16.7 Å². The molecule has 0 atom stereocenters. The second kappa shape index (κ2) is 9.02. The summed E-state index contributed by atoms with van der Waals surface area (Å²) >= 11 is 6.93. The fraction of sp³-hybridized carbons (Fsp3) is 0.150. The molecular weight excluding hydrogens is 418 g/mol. The van der Waals surface area contributed by atoms with Crippen LogP contribution in [0.3, 0.4) is 0 Å². The Labute approximate surface area is 175 Å². The Morgan fingerprint density at radius 1 is 1.17 bits per heavy atom. The molecule has 3 rings (SSSR count). The molecule has 0 aromatic heterocycles. The van der Waals surface area contributed by atoms with E-state index < -0.39 is 23.7 Å². The van der Waals surface area contributed by atoms with Gasteiger partial charge in [0.05, 0.1) is 22.2 Å². The zero-order valence-corrected chi connectivity index (χ0v) is 16.8. The fourth-order valence-electron chi connectivity index (χ4n) is 2.60. The normalized spacial score (nSPS) is 15.1. The van der Waals surface area contributed by atoms with Crippen molar-refractivity contribution < 1.29 is 29.0 Å². The molecule has 1 fully saturated rings. The summed E-state index contributed by atoms with van der Waals surface area (Å²) in [5.74, 6) is -0.967. The Kier molecular flexibility index (Phi) is 6.46. The Morgan fingerprint density at radius 2 is 1.93 bits per heavy atom. The fourth-order valence-corrected chi connectivity index (χ4v) is 3.66. The van der Waals surface area contributed by atoms with Gasteiger partial charge in [0.1, 0.15) is 0 Å². The van der Waals surface area contributed by atoms with Crippen molar-refractivity contribution >= 4 is 52.2 Å². The van der Waals surface area contributed by atoms with Crippen molar-refractivity contribution in [1.82, 2.24) is 0 Å². The van der Waals surface area contributed by atoms with E-state index in [0.29, 0.717) is 28.6 Å². The topological polar surface area (TPSA) is 93.1 Å². The number of anilines is 1. The lowest BCUT2D eigenvalue weighted by atomic mass is 10.1. The summed E-state index contributed by atoms with van der Waals surface area (Å²) in [6.45, 7) is 1.62. The molecule has 2 amide bonds. The van der Waals surface area contributed by atoms with Crippen LogP contribution in [0.1, 0.15) is 12.5 Å². The summed E-state index contributed by atoms with van der Waals surface area (Å²) in [5, 5.41) is 8.63. The summed E-state index contributed by atoms with van der Waals surface area (Å²) in [5.41, 5.74) is 0.924. The number of carboxylic acid groups (broad SMARTS) is 1. The maximum atomic E-state index is 12.8. The highest BCUT2D eigenvalue weighted by Gasteiger charge is 2.37. The van der Waals surface area contributed by atoms with Crippen molar-refractivity contribution in [2.75, 3.05) is 18.1 Å². The standard InChI is InChI=1S/C20H16ClNO6S/c1-2-27-16-9-12(7-8-15(16)28-11-18(23)24)10-17-19(25)22(20(26)29-17)14-6-4-3-5-13(14)21/h3-10H,2,11H2,1H3,(H,23,24)/b17-10-. The Hall–Kier alpha value is -2.97. The van der Waals surface area contributed by atoms with Gasteiger partial charge in [-0.25, -0.2) is 9.69 Å². The quantitative estimate of drug-likeness (QED) is 0.645. The van der Waals surface area contributed by atoms with Crippen molar-refractivity contribution in [1.29, 1.82) is 0 Å².